The van der Waals surface area contributed by atoms with Gasteiger partial charge in [0.05, 0.1) is 0 Å². The molecule has 3 heterocycles. The van der Waals surface area contributed by atoms with Crippen molar-refractivity contribution in [2.75, 3.05) is 26.2 Å². The Morgan fingerprint density at radius 1 is 1.00 bits per heavy atom. The van der Waals surface area contributed by atoms with Gasteiger partial charge in [-0.25, -0.2) is 0 Å². The van der Waals surface area contributed by atoms with Crippen LogP contribution >= 0.6 is 0 Å². The van der Waals surface area contributed by atoms with E-state index in [1.165, 1.54) is 0 Å². The van der Waals surface area contributed by atoms with Gasteiger partial charge in [0, 0.05) is 55.8 Å². The van der Waals surface area contributed by atoms with Gasteiger partial charge in [-0.1, -0.05) is 6.07 Å². The van der Waals surface area contributed by atoms with Gasteiger partial charge in [-0.2, -0.15) is 0 Å². The van der Waals surface area contributed by atoms with Gasteiger partial charge in [-0.3, -0.25) is 9.59 Å². The number of fused-ring (bicyclic) bond motifs is 1. The smallest absolute Gasteiger partial charge is 0.254 e. The topological polar surface area (TPSA) is 56.4 Å². The second-order valence-electron chi connectivity index (χ2n) is 7.39. The molecular formula is C20H25N3O2. The Bertz CT molecular complexity index is 789. The molecule has 2 aliphatic rings. The maximum atomic E-state index is 13.0. The van der Waals surface area contributed by atoms with Crippen LogP contribution in [-0.4, -0.2) is 52.8 Å². The van der Waals surface area contributed by atoms with Crippen LogP contribution in [0.25, 0.3) is 10.9 Å². The Kier molecular flexibility index (Phi) is 4.24. The molecule has 2 amide bonds. The number of hydrogen-bond donors (Lipinski definition) is 1. The van der Waals surface area contributed by atoms with Crippen LogP contribution in [0.4, 0.5) is 0 Å². The lowest BCUT2D eigenvalue weighted by atomic mass is 9.84. The first-order chi connectivity index (χ1) is 12.1. The fraction of sp³-hybridized carbons (Fsp3) is 0.500. The third kappa shape index (κ3) is 3.03. The second kappa shape index (κ2) is 6.54. The Hall–Kier alpha value is -2.30. The SMILES string of the molecule is CC(=O)N1CCC(C2CCN(C(=O)c3cccc4[nH]ccc34)C2)CC1. The van der Waals surface area contributed by atoms with E-state index in [2.05, 4.69) is 4.98 Å². The molecule has 132 valence electrons. The number of carbonyl (C=O) groups is 2. The molecule has 0 spiro atoms. The number of likely N-dealkylation sites (tertiary alicyclic amines) is 2. The van der Waals surface area contributed by atoms with E-state index in [1.54, 1.807) is 6.92 Å². The van der Waals surface area contributed by atoms with E-state index < -0.39 is 0 Å². The number of nitrogens with one attached hydrogen (secondary N) is 1. The van der Waals surface area contributed by atoms with Crippen molar-refractivity contribution in [3.8, 4) is 0 Å². The molecule has 4 rings (SSSR count). The van der Waals surface area contributed by atoms with Gasteiger partial charge in [0.25, 0.3) is 5.91 Å². The number of H-pyrrole nitrogens is 1. The summed E-state index contributed by atoms with van der Waals surface area (Å²) in [6, 6.07) is 7.85. The monoisotopic (exact) mass is 339 g/mol. The first-order valence-electron chi connectivity index (χ1n) is 9.24. The quantitative estimate of drug-likeness (QED) is 0.915. The highest BCUT2D eigenvalue weighted by Gasteiger charge is 2.34. The van der Waals surface area contributed by atoms with Crippen LogP contribution in [0.2, 0.25) is 0 Å². The standard InChI is InChI=1S/C20H25N3O2/c1-14(24)22-10-6-15(7-11-22)16-8-12-23(13-16)20(25)18-3-2-4-19-17(18)5-9-21-19/h2-5,9,15-16,21H,6-8,10-13H2,1H3. The Balaban J connectivity index is 1.42. The van der Waals surface area contributed by atoms with Crippen LogP contribution in [0.15, 0.2) is 30.5 Å². The maximum Gasteiger partial charge on any atom is 0.254 e. The van der Waals surface area contributed by atoms with Crippen LogP contribution in [0.5, 0.6) is 0 Å². The molecule has 1 aromatic heterocycles. The zero-order valence-corrected chi connectivity index (χ0v) is 14.7. The Morgan fingerprint density at radius 3 is 2.48 bits per heavy atom. The molecule has 1 N–H and O–H groups in total. The van der Waals surface area contributed by atoms with E-state index >= 15 is 0 Å². The first kappa shape index (κ1) is 16.2. The van der Waals surface area contributed by atoms with Crippen LogP contribution in [0.3, 0.4) is 0 Å². The van der Waals surface area contributed by atoms with Gasteiger partial charge < -0.3 is 14.8 Å². The van der Waals surface area contributed by atoms with E-state index in [4.69, 9.17) is 0 Å². The highest BCUT2D eigenvalue weighted by Crippen LogP contribution is 2.33. The summed E-state index contributed by atoms with van der Waals surface area (Å²) in [6.07, 6.45) is 5.11. The van der Waals surface area contributed by atoms with Gasteiger partial charge in [-0.15, -0.1) is 0 Å². The molecule has 2 aromatic rings. The molecule has 0 aliphatic carbocycles. The number of aromatic amines is 1. The van der Waals surface area contributed by atoms with Crippen LogP contribution in [0, 0.1) is 11.8 Å². The molecular weight excluding hydrogens is 314 g/mol. The molecule has 5 nitrogen and oxygen atoms in total. The number of nitrogens with zero attached hydrogens (tertiary/aromatic N) is 2. The molecule has 25 heavy (non-hydrogen) atoms. The number of amides is 2. The lowest BCUT2D eigenvalue weighted by Crippen LogP contribution is -2.39. The van der Waals surface area contributed by atoms with E-state index in [0.717, 1.165) is 61.9 Å². The number of hydrogen-bond acceptors (Lipinski definition) is 2. The third-order valence-electron chi connectivity index (χ3n) is 5.99. The predicted molar refractivity (Wildman–Crippen MR) is 97.3 cm³/mol. The van der Waals surface area contributed by atoms with Crippen molar-refractivity contribution in [3.63, 3.8) is 0 Å². The van der Waals surface area contributed by atoms with Crippen LogP contribution in [0.1, 0.15) is 36.5 Å². The number of carbonyl (C=O) groups excluding carboxylic acids is 2. The minimum Gasteiger partial charge on any atom is -0.361 e. The van der Waals surface area contributed by atoms with E-state index in [1.807, 2.05) is 40.3 Å². The summed E-state index contributed by atoms with van der Waals surface area (Å²) in [5.74, 6) is 1.54. The third-order valence-corrected chi connectivity index (χ3v) is 5.99. The molecule has 0 saturated carbocycles. The summed E-state index contributed by atoms with van der Waals surface area (Å²) in [6.45, 7) is 5.08. The van der Waals surface area contributed by atoms with Crippen molar-refractivity contribution in [1.82, 2.24) is 14.8 Å². The number of aromatic nitrogens is 1. The Morgan fingerprint density at radius 2 is 1.72 bits per heavy atom. The largest absolute Gasteiger partial charge is 0.361 e. The first-order valence-corrected chi connectivity index (χ1v) is 9.24. The molecule has 1 aromatic carbocycles. The second-order valence-corrected chi connectivity index (χ2v) is 7.39. The van der Waals surface area contributed by atoms with Gasteiger partial charge >= 0.3 is 0 Å². The molecule has 2 saturated heterocycles. The van der Waals surface area contributed by atoms with Crippen molar-refractivity contribution < 1.29 is 9.59 Å². The number of piperidine rings is 1. The molecule has 1 unspecified atom stereocenters. The van der Waals surface area contributed by atoms with Crippen LogP contribution < -0.4 is 0 Å². The number of benzene rings is 1. The van der Waals surface area contributed by atoms with Crippen molar-refractivity contribution >= 4 is 22.7 Å². The minimum atomic E-state index is 0.147. The summed E-state index contributed by atoms with van der Waals surface area (Å²) >= 11 is 0. The van der Waals surface area contributed by atoms with E-state index in [-0.39, 0.29) is 11.8 Å². The number of rotatable bonds is 2. The Labute approximate surface area is 148 Å². The maximum absolute atomic E-state index is 13.0. The zero-order chi connectivity index (χ0) is 17.4. The summed E-state index contributed by atoms with van der Waals surface area (Å²) < 4.78 is 0. The summed E-state index contributed by atoms with van der Waals surface area (Å²) in [5, 5.41) is 1.01. The fourth-order valence-electron chi connectivity index (χ4n) is 4.48. The van der Waals surface area contributed by atoms with Crippen molar-refractivity contribution in [2.24, 2.45) is 11.8 Å². The fourth-order valence-corrected chi connectivity index (χ4v) is 4.48. The van der Waals surface area contributed by atoms with Crippen molar-refractivity contribution in [3.05, 3.63) is 36.0 Å². The van der Waals surface area contributed by atoms with Gasteiger partial charge in [-0.05, 0) is 49.3 Å². The summed E-state index contributed by atoms with van der Waals surface area (Å²) in [7, 11) is 0. The zero-order valence-electron chi connectivity index (χ0n) is 14.7. The summed E-state index contributed by atoms with van der Waals surface area (Å²) in [5.41, 5.74) is 1.81. The average Bonchev–Trinajstić information content (AvgIpc) is 3.30. The average molecular weight is 339 g/mol. The normalized spacial score (nSPS) is 21.9. The van der Waals surface area contributed by atoms with E-state index in [0.29, 0.717) is 11.8 Å². The lowest BCUT2D eigenvalue weighted by molar-refractivity contribution is -0.130. The van der Waals surface area contributed by atoms with E-state index in [9.17, 15) is 9.59 Å². The van der Waals surface area contributed by atoms with Gasteiger partial charge in [0.1, 0.15) is 0 Å². The molecule has 1 atom stereocenters. The molecule has 0 radical (unpaired) electrons. The lowest BCUT2D eigenvalue weighted by Gasteiger charge is -2.34. The minimum absolute atomic E-state index is 0.147. The van der Waals surface area contributed by atoms with Gasteiger partial charge in [0.15, 0.2) is 0 Å². The highest BCUT2D eigenvalue weighted by atomic mass is 16.2. The summed E-state index contributed by atoms with van der Waals surface area (Å²) in [4.78, 5) is 31.6. The molecule has 5 heteroatoms. The molecule has 0 bridgehead atoms. The van der Waals surface area contributed by atoms with Crippen LogP contribution in [-0.2, 0) is 4.79 Å². The van der Waals surface area contributed by atoms with Gasteiger partial charge in [0.2, 0.25) is 5.91 Å². The highest BCUT2D eigenvalue weighted by molar-refractivity contribution is 6.06. The van der Waals surface area contributed by atoms with Crippen molar-refractivity contribution in [1.29, 1.82) is 0 Å². The van der Waals surface area contributed by atoms with Crippen molar-refractivity contribution in [2.45, 2.75) is 26.2 Å². The predicted octanol–water partition coefficient (Wildman–Crippen LogP) is 2.89. The molecule has 2 aliphatic heterocycles. The molecule has 2 fully saturated rings.